The summed E-state index contributed by atoms with van der Waals surface area (Å²) < 4.78 is 1.92. The van der Waals surface area contributed by atoms with Gasteiger partial charge in [-0.3, -0.25) is 4.79 Å². The molecule has 2 aromatic rings. The van der Waals surface area contributed by atoms with Crippen LogP contribution in [0, 0.1) is 6.92 Å². The maximum absolute atomic E-state index is 12.1. The van der Waals surface area contributed by atoms with Gasteiger partial charge in [0.05, 0.1) is 16.0 Å². The average molecular weight is 352 g/mol. The summed E-state index contributed by atoms with van der Waals surface area (Å²) in [6, 6.07) is 6.05. The number of carbonyl (C=O) groups is 1. The van der Waals surface area contributed by atoms with Crippen molar-refractivity contribution >= 4 is 60.9 Å². The second-order valence-electron chi connectivity index (χ2n) is 5.24. The predicted molar refractivity (Wildman–Crippen MR) is 98.8 cm³/mol. The highest BCUT2D eigenvalue weighted by Gasteiger charge is 2.16. The SMILES string of the molecule is Cc1cccc2sc(NC(=O)CSC(=S)N3CCCC3)nc12. The van der Waals surface area contributed by atoms with E-state index in [1.54, 1.807) is 0 Å². The van der Waals surface area contributed by atoms with Crippen molar-refractivity contribution in [3.8, 4) is 0 Å². The summed E-state index contributed by atoms with van der Waals surface area (Å²) in [6.07, 6.45) is 2.38. The number of benzene rings is 1. The number of aromatic nitrogens is 1. The zero-order chi connectivity index (χ0) is 15.5. The summed E-state index contributed by atoms with van der Waals surface area (Å²) in [5.41, 5.74) is 2.09. The quantitative estimate of drug-likeness (QED) is 0.855. The van der Waals surface area contributed by atoms with Gasteiger partial charge in [0.25, 0.3) is 0 Å². The number of carbonyl (C=O) groups excluding carboxylic acids is 1. The van der Waals surface area contributed by atoms with Crippen molar-refractivity contribution in [2.24, 2.45) is 0 Å². The van der Waals surface area contributed by atoms with E-state index in [-0.39, 0.29) is 5.91 Å². The van der Waals surface area contributed by atoms with Crippen LogP contribution in [0.25, 0.3) is 10.2 Å². The number of hydrogen-bond donors (Lipinski definition) is 1. The first-order valence-corrected chi connectivity index (χ1v) is 9.42. The van der Waals surface area contributed by atoms with E-state index in [0.29, 0.717) is 10.9 Å². The Bertz CT molecular complexity index is 707. The van der Waals surface area contributed by atoms with Crippen molar-refractivity contribution < 1.29 is 4.79 Å². The number of amides is 1. The molecule has 0 atom stereocenters. The third kappa shape index (κ3) is 3.59. The summed E-state index contributed by atoms with van der Waals surface area (Å²) in [4.78, 5) is 18.7. The van der Waals surface area contributed by atoms with Gasteiger partial charge in [-0.1, -0.05) is 47.4 Å². The maximum atomic E-state index is 12.1. The molecule has 1 aliphatic rings. The lowest BCUT2D eigenvalue weighted by Crippen LogP contribution is -2.25. The monoisotopic (exact) mass is 351 g/mol. The lowest BCUT2D eigenvalue weighted by molar-refractivity contribution is -0.113. The number of anilines is 1. The molecular formula is C15H17N3OS3. The minimum atomic E-state index is -0.0525. The van der Waals surface area contributed by atoms with Crippen LogP contribution in [-0.4, -0.2) is 39.0 Å². The number of nitrogens with zero attached hydrogens (tertiary/aromatic N) is 2. The standard InChI is InChI=1S/C15H17N3OS3/c1-10-5-4-6-11-13(10)17-14(22-11)16-12(19)9-21-15(20)18-7-2-3-8-18/h4-6H,2-3,7-9H2,1H3,(H,16,17,19). The first kappa shape index (κ1) is 15.7. The molecule has 22 heavy (non-hydrogen) atoms. The molecule has 1 aromatic carbocycles. The molecule has 1 amide bonds. The van der Waals surface area contributed by atoms with Crippen LogP contribution in [-0.2, 0) is 4.79 Å². The van der Waals surface area contributed by atoms with Crippen LogP contribution >= 0.6 is 35.3 Å². The fraction of sp³-hybridized carbons (Fsp3) is 0.400. The molecular weight excluding hydrogens is 334 g/mol. The Hall–Kier alpha value is -1.18. The van der Waals surface area contributed by atoms with Crippen LogP contribution in [0.5, 0.6) is 0 Å². The Morgan fingerprint density at radius 3 is 2.95 bits per heavy atom. The van der Waals surface area contributed by atoms with Gasteiger partial charge >= 0.3 is 0 Å². The Kier molecular flexibility index (Phi) is 4.95. The van der Waals surface area contributed by atoms with Gasteiger partial charge in [-0.25, -0.2) is 4.98 Å². The summed E-state index contributed by atoms with van der Waals surface area (Å²) in [7, 11) is 0. The third-order valence-electron chi connectivity index (χ3n) is 3.56. The fourth-order valence-corrected chi connectivity index (χ4v) is 4.42. The molecule has 1 saturated heterocycles. The van der Waals surface area contributed by atoms with Crippen LogP contribution in [0.15, 0.2) is 18.2 Å². The van der Waals surface area contributed by atoms with Gasteiger partial charge in [-0.05, 0) is 31.4 Å². The number of hydrogen-bond acceptors (Lipinski definition) is 5. The number of aryl methyl sites for hydroxylation is 1. The second kappa shape index (κ2) is 6.93. The number of fused-ring (bicyclic) bond motifs is 1. The number of nitrogens with one attached hydrogen (secondary N) is 1. The molecule has 0 aliphatic carbocycles. The molecule has 116 valence electrons. The highest BCUT2D eigenvalue weighted by atomic mass is 32.2. The third-order valence-corrected chi connectivity index (χ3v) is 6.02. The van der Waals surface area contributed by atoms with Gasteiger partial charge < -0.3 is 10.2 Å². The van der Waals surface area contributed by atoms with Gasteiger partial charge in [-0.2, -0.15) is 0 Å². The molecule has 7 heteroatoms. The average Bonchev–Trinajstić information content (AvgIpc) is 3.14. The van der Waals surface area contributed by atoms with Gasteiger partial charge in [0.1, 0.15) is 4.32 Å². The number of thioether (sulfide) groups is 1. The van der Waals surface area contributed by atoms with E-state index in [1.165, 1.54) is 35.9 Å². The molecule has 0 bridgehead atoms. The molecule has 3 rings (SSSR count). The van der Waals surface area contributed by atoms with Crippen molar-refractivity contribution in [1.82, 2.24) is 9.88 Å². The first-order valence-electron chi connectivity index (χ1n) is 7.21. The van der Waals surface area contributed by atoms with Crippen LogP contribution in [0.4, 0.5) is 5.13 Å². The summed E-state index contributed by atoms with van der Waals surface area (Å²) >= 11 is 8.30. The molecule has 1 aromatic heterocycles. The topological polar surface area (TPSA) is 45.2 Å². The molecule has 2 heterocycles. The highest BCUT2D eigenvalue weighted by Crippen LogP contribution is 2.28. The van der Waals surface area contributed by atoms with E-state index in [0.717, 1.165) is 33.2 Å². The van der Waals surface area contributed by atoms with E-state index in [1.807, 2.05) is 25.1 Å². The normalized spacial score (nSPS) is 14.5. The Morgan fingerprint density at radius 2 is 2.23 bits per heavy atom. The van der Waals surface area contributed by atoms with Crippen molar-refractivity contribution in [2.75, 3.05) is 24.2 Å². The largest absolute Gasteiger partial charge is 0.358 e. The smallest absolute Gasteiger partial charge is 0.236 e. The minimum absolute atomic E-state index is 0.0525. The molecule has 0 radical (unpaired) electrons. The molecule has 0 spiro atoms. The molecule has 1 fully saturated rings. The van der Waals surface area contributed by atoms with E-state index >= 15 is 0 Å². The predicted octanol–water partition coefficient (Wildman–Crippen LogP) is 3.66. The molecule has 1 N–H and O–H groups in total. The van der Waals surface area contributed by atoms with Crippen molar-refractivity contribution in [1.29, 1.82) is 0 Å². The number of likely N-dealkylation sites (tertiary alicyclic amines) is 1. The number of rotatable bonds is 3. The lowest BCUT2D eigenvalue weighted by Gasteiger charge is -2.17. The van der Waals surface area contributed by atoms with E-state index in [4.69, 9.17) is 12.2 Å². The van der Waals surface area contributed by atoms with Gasteiger partial charge in [0, 0.05) is 13.1 Å². The number of thiocarbonyl (C=S) groups is 1. The van der Waals surface area contributed by atoms with E-state index in [9.17, 15) is 4.79 Å². The zero-order valence-corrected chi connectivity index (χ0v) is 14.7. The number of thiazole rings is 1. The van der Waals surface area contributed by atoms with Crippen molar-refractivity contribution in [3.63, 3.8) is 0 Å². The first-order chi connectivity index (χ1) is 10.6. The molecule has 0 saturated carbocycles. The van der Waals surface area contributed by atoms with Crippen LogP contribution in [0.1, 0.15) is 18.4 Å². The van der Waals surface area contributed by atoms with Gasteiger partial charge in [0.15, 0.2) is 5.13 Å². The number of para-hydroxylation sites is 1. The second-order valence-corrected chi connectivity index (χ2v) is 7.88. The van der Waals surface area contributed by atoms with E-state index < -0.39 is 0 Å². The summed E-state index contributed by atoms with van der Waals surface area (Å²) in [5, 5.41) is 3.53. The summed E-state index contributed by atoms with van der Waals surface area (Å²) in [6.45, 7) is 4.06. The van der Waals surface area contributed by atoms with Crippen LogP contribution in [0.2, 0.25) is 0 Å². The van der Waals surface area contributed by atoms with Gasteiger partial charge in [-0.15, -0.1) is 0 Å². The fourth-order valence-electron chi connectivity index (χ4n) is 2.41. The van der Waals surface area contributed by atoms with Gasteiger partial charge in [0.2, 0.25) is 5.91 Å². The highest BCUT2D eigenvalue weighted by molar-refractivity contribution is 8.23. The van der Waals surface area contributed by atoms with Crippen LogP contribution < -0.4 is 5.32 Å². The van der Waals surface area contributed by atoms with Crippen molar-refractivity contribution in [3.05, 3.63) is 23.8 Å². The van der Waals surface area contributed by atoms with E-state index in [2.05, 4.69) is 15.2 Å². The Balaban J connectivity index is 1.56. The Labute approximate surface area is 143 Å². The zero-order valence-electron chi connectivity index (χ0n) is 12.3. The molecule has 0 unspecified atom stereocenters. The molecule has 1 aliphatic heterocycles. The molecule has 4 nitrogen and oxygen atoms in total. The lowest BCUT2D eigenvalue weighted by atomic mass is 10.2. The minimum Gasteiger partial charge on any atom is -0.358 e. The Morgan fingerprint density at radius 1 is 1.45 bits per heavy atom. The maximum Gasteiger partial charge on any atom is 0.236 e. The van der Waals surface area contributed by atoms with Crippen LogP contribution in [0.3, 0.4) is 0 Å². The van der Waals surface area contributed by atoms with Crippen molar-refractivity contribution in [2.45, 2.75) is 19.8 Å². The summed E-state index contributed by atoms with van der Waals surface area (Å²) in [5.74, 6) is 0.285.